The van der Waals surface area contributed by atoms with Gasteiger partial charge in [-0.2, -0.15) is 0 Å². The Balaban J connectivity index is 1.85. The summed E-state index contributed by atoms with van der Waals surface area (Å²) in [5.74, 6) is 1.70. The lowest BCUT2D eigenvalue weighted by atomic mass is 9.84. The lowest BCUT2D eigenvalue weighted by molar-refractivity contribution is 0.114. The number of nitrogens with zero attached hydrogens (tertiary/aromatic N) is 1. The molecule has 0 spiro atoms. The van der Waals surface area contributed by atoms with Crippen LogP contribution in [-0.4, -0.2) is 45.9 Å². The first-order chi connectivity index (χ1) is 11.0. The van der Waals surface area contributed by atoms with Gasteiger partial charge in [-0.15, -0.1) is 0 Å². The van der Waals surface area contributed by atoms with Crippen molar-refractivity contribution in [3.8, 4) is 5.75 Å². The second-order valence-corrected chi connectivity index (χ2v) is 6.55. The number of hydrogen-bond donors (Lipinski definition) is 2. The van der Waals surface area contributed by atoms with Crippen LogP contribution in [0.15, 0.2) is 29.3 Å². The van der Waals surface area contributed by atoms with Crippen LogP contribution in [-0.2, 0) is 10.2 Å². The number of aliphatic imine (C=N–C) groups is 1. The third-order valence-electron chi connectivity index (χ3n) is 4.31. The zero-order valence-electron chi connectivity index (χ0n) is 14.7. The molecule has 1 aromatic rings. The molecule has 1 atom stereocenters. The first-order valence-electron chi connectivity index (χ1n) is 8.26. The third kappa shape index (κ3) is 5.13. The average Bonchev–Trinajstić information content (AvgIpc) is 3.08. The molecular weight excluding hydrogens is 290 g/mol. The Bertz CT molecular complexity index is 506. The first kappa shape index (κ1) is 17.6. The molecule has 0 aromatic heterocycles. The van der Waals surface area contributed by atoms with E-state index < -0.39 is 0 Å². The van der Waals surface area contributed by atoms with Gasteiger partial charge in [-0.25, -0.2) is 0 Å². The maximum Gasteiger partial charge on any atom is 0.191 e. The number of rotatable bonds is 6. The summed E-state index contributed by atoms with van der Waals surface area (Å²) in [5.41, 5.74) is 1.26. The summed E-state index contributed by atoms with van der Waals surface area (Å²) < 4.78 is 10.8. The number of ether oxygens (including phenoxy) is 2. The van der Waals surface area contributed by atoms with Gasteiger partial charge in [0.1, 0.15) is 5.75 Å². The van der Waals surface area contributed by atoms with E-state index in [0.29, 0.717) is 6.10 Å². The Morgan fingerprint density at radius 1 is 1.30 bits per heavy atom. The van der Waals surface area contributed by atoms with E-state index in [1.165, 1.54) is 5.56 Å². The minimum Gasteiger partial charge on any atom is -0.497 e. The predicted octanol–water partition coefficient (Wildman–Crippen LogP) is 2.32. The number of nitrogens with one attached hydrogen (secondary N) is 2. The standard InChI is InChI=1S/C18H29N3O2/c1-18(2,14-7-9-15(22-4)10-8-14)13-21-17(19-3)20-12-16-6-5-11-23-16/h7-10,16H,5-6,11-13H2,1-4H3,(H2,19,20,21). The summed E-state index contributed by atoms with van der Waals surface area (Å²) >= 11 is 0. The van der Waals surface area contributed by atoms with E-state index in [0.717, 1.165) is 44.2 Å². The SMILES string of the molecule is CN=C(NCC1CCCO1)NCC(C)(C)c1ccc(OC)cc1. The van der Waals surface area contributed by atoms with Crippen molar-refractivity contribution in [2.75, 3.05) is 33.9 Å². The van der Waals surface area contributed by atoms with Crippen molar-refractivity contribution in [3.05, 3.63) is 29.8 Å². The van der Waals surface area contributed by atoms with E-state index >= 15 is 0 Å². The van der Waals surface area contributed by atoms with Crippen molar-refractivity contribution in [1.82, 2.24) is 10.6 Å². The van der Waals surface area contributed by atoms with Crippen LogP contribution in [0.4, 0.5) is 0 Å². The normalized spacial score (nSPS) is 18.8. The van der Waals surface area contributed by atoms with Crippen LogP contribution in [0.25, 0.3) is 0 Å². The number of methoxy groups -OCH3 is 1. The molecule has 1 heterocycles. The molecule has 23 heavy (non-hydrogen) atoms. The minimum absolute atomic E-state index is 0.00620. The highest BCUT2D eigenvalue weighted by atomic mass is 16.5. The van der Waals surface area contributed by atoms with Crippen LogP contribution in [0, 0.1) is 0 Å². The fourth-order valence-corrected chi connectivity index (χ4v) is 2.69. The molecule has 1 saturated heterocycles. The number of benzene rings is 1. The number of guanidine groups is 1. The molecule has 1 aliphatic rings. The Morgan fingerprint density at radius 3 is 2.61 bits per heavy atom. The van der Waals surface area contributed by atoms with Crippen LogP contribution < -0.4 is 15.4 Å². The Labute approximate surface area is 139 Å². The largest absolute Gasteiger partial charge is 0.497 e. The van der Waals surface area contributed by atoms with E-state index in [9.17, 15) is 0 Å². The maximum absolute atomic E-state index is 5.63. The molecule has 0 bridgehead atoms. The van der Waals surface area contributed by atoms with E-state index in [-0.39, 0.29) is 5.41 Å². The third-order valence-corrected chi connectivity index (χ3v) is 4.31. The van der Waals surface area contributed by atoms with Gasteiger partial charge in [-0.05, 0) is 30.5 Å². The summed E-state index contributed by atoms with van der Waals surface area (Å²) in [5, 5.41) is 6.76. The van der Waals surface area contributed by atoms with Crippen LogP contribution >= 0.6 is 0 Å². The van der Waals surface area contributed by atoms with Gasteiger partial charge < -0.3 is 20.1 Å². The van der Waals surface area contributed by atoms with Crippen molar-refractivity contribution in [3.63, 3.8) is 0 Å². The van der Waals surface area contributed by atoms with E-state index in [1.807, 2.05) is 12.1 Å². The van der Waals surface area contributed by atoms with Crippen LogP contribution in [0.3, 0.4) is 0 Å². The molecule has 1 fully saturated rings. The summed E-state index contributed by atoms with van der Waals surface area (Å²) in [6, 6.07) is 8.23. The first-order valence-corrected chi connectivity index (χ1v) is 8.26. The molecular formula is C18H29N3O2. The molecule has 0 amide bonds. The highest BCUT2D eigenvalue weighted by molar-refractivity contribution is 5.79. The zero-order valence-corrected chi connectivity index (χ0v) is 14.7. The fraction of sp³-hybridized carbons (Fsp3) is 0.611. The lowest BCUT2D eigenvalue weighted by Gasteiger charge is -2.27. The summed E-state index contributed by atoms with van der Waals surface area (Å²) in [6.45, 7) is 6.92. The molecule has 2 N–H and O–H groups in total. The van der Waals surface area contributed by atoms with Gasteiger partial charge in [0.15, 0.2) is 5.96 Å². The Hall–Kier alpha value is -1.75. The van der Waals surface area contributed by atoms with Gasteiger partial charge in [-0.1, -0.05) is 26.0 Å². The number of hydrogen-bond acceptors (Lipinski definition) is 3. The highest BCUT2D eigenvalue weighted by Gasteiger charge is 2.21. The van der Waals surface area contributed by atoms with Crippen LogP contribution in [0.2, 0.25) is 0 Å². The van der Waals surface area contributed by atoms with Gasteiger partial charge in [-0.3, -0.25) is 4.99 Å². The van der Waals surface area contributed by atoms with Crippen LogP contribution in [0.5, 0.6) is 5.75 Å². The van der Waals surface area contributed by atoms with Gasteiger partial charge in [0, 0.05) is 32.2 Å². The molecule has 128 valence electrons. The van der Waals surface area contributed by atoms with Crippen molar-refractivity contribution in [1.29, 1.82) is 0 Å². The second-order valence-electron chi connectivity index (χ2n) is 6.55. The maximum atomic E-state index is 5.63. The zero-order chi connectivity index (χ0) is 16.7. The Morgan fingerprint density at radius 2 is 2.04 bits per heavy atom. The monoisotopic (exact) mass is 319 g/mol. The van der Waals surface area contributed by atoms with Crippen molar-refractivity contribution >= 4 is 5.96 Å². The molecule has 1 aromatic carbocycles. The van der Waals surface area contributed by atoms with Crippen LogP contribution in [0.1, 0.15) is 32.3 Å². The predicted molar refractivity (Wildman–Crippen MR) is 94.4 cm³/mol. The minimum atomic E-state index is -0.00620. The summed E-state index contributed by atoms with van der Waals surface area (Å²) in [4.78, 5) is 4.29. The van der Waals surface area contributed by atoms with Crippen molar-refractivity contribution in [2.24, 2.45) is 4.99 Å². The van der Waals surface area contributed by atoms with E-state index in [1.54, 1.807) is 14.2 Å². The molecule has 1 unspecified atom stereocenters. The topological polar surface area (TPSA) is 54.9 Å². The average molecular weight is 319 g/mol. The van der Waals surface area contributed by atoms with Crippen molar-refractivity contribution in [2.45, 2.75) is 38.2 Å². The molecule has 2 rings (SSSR count). The molecule has 0 saturated carbocycles. The van der Waals surface area contributed by atoms with Gasteiger partial charge in [0.25, 0.3) is 0 Å². The van der Waals surface area contributed by atoms with Gasteiger partial charge >= 0.3 is 0 Å². The smallest absolute Gasteiger partial charge is 0.191 e. The van der Waals surface area contributed by atoms with Gasteiger partial charge in [0.2, 0.25) is 0 Å². The molecule has 5 heteroatoms. The van der Waals surface area contributed by atoms with Gasteiger partial charge in [0.05, 0.1) is 13.2 Å². The molecule has 1 aliphatic heterocycles. The second kappa shape index (κ2) is 8.20. The summed E-state index contributed by atoms with van der Waals surface area (Å²) in [7, 11) is 3.48. The molecule has 0 radical (unpaired) electrons. The Kier molecular flexibility index (Phi) is 6.28. The van der Waals surface area contributed by atoms with E-state index in [4.69, 9.17) is 9.47 Å². The quantitative estimate of drug-likeness (QED) is 0.624. The van der Waals surface area contributed by atoms with Crippen molar-refractivity contribution < 1.29 is 9.47 Å². The fourth-order valence-electron chi connectivity index (χ4n) is 2.69. The highest BCUT2D eigenvalue weighted by Crippen LogP contribution is 2.24. The summed E-state index contributed by atoms with van der Waals surface area (Å²) in [6.07, 6.45) is 2.59. The van der Waals surface area contributed by atoms with E-state index in [2.05, 4.69) is 41.6 Å². The molecule has 0 aliphatic carbocycles. The molecule has 5 nitrogen and oxygen atoms in total. The lowest BCUT2D eigenvalue weighted by Crippen LogP contribution is -2.45.